The predicted molar refractivity (Wildman–Crippen MR) is 237 cm³/mol. The minimum atomic E-state index is -0.717. The first-order valence-corrected chi connectivity index (χ1v) is 22.3. The summed E-state index contributed by atoms with van der Waals surface area (Å²) in [4.78, 5) is 70.0. The van der Waals surface area contributed by atoms with Crippen LogP contribution in [0.25, 0.3) is 33.2 Å². The molecular formula is C48H57N7O8. The molecule has 5 aliphatic rings. The van der Waals surface area contributed by atoms with Crippen molar-refractivity contribution in [1.82, 2.24) is 30.4 Å². The number of rotatable bonds is 9. The Balaban J connectivity index is 0.933. The van der Waals surface area contributed by atoms with Crippen molar-refractivity contribution >= 4 is 46.2 Å². The summed E-state index contributed by atoms with van der Waals surface area (Å²) in [5.41, 5.74) is 8.00. The van der Waals surface area contributed by atoms with Gasteiger partial charge in [0.15, 0.2) is 0 Å². The Morgan fingerprint density at radius 1 is 0.889 bits per heavy atom. The standard InChI is InChI=1S/C48H57N7O8/c1-25(2)42(52-47(58)60-5)46(57)55-27(4)7-12-39(55)44-49-22-38(51-44)30-8-10-32-31(18-30)24-63-41-21-33-29(19-35(32)41)9-11-36-34(33)20-37(50-36)40-17-26(3)23-54(40)45(56)43(53-48(59)61-6)28-13-15-62-16-14-28/h8-11,18-19,21-22,25-28,39-40,42-43H,7,12-17,20,23-24H2,1-6H3,(H,49,51)(H,52,58)(H,53,59)/t26-,27-,39-,40-,42-,43?/m0/s1. The van der Waals surface area contributed by atoms with Crippen molar-refractivity contribution in [2.24, 2.45) is 22.7 Å². The third-order valence-electron chi connectivity index (χ3n) is 13.8. The molecule has 0 bridgehead atoms. The van der Waals surface area contributed by atoms with Gasteiger partial charge in [-0.1, -0.05) is 39.0 Å². The van der Waals surface area contributed by atoms with E-state index in [0.29, 0.717) is 51.5 Å². The number of H-pyrrole nitrogens is 1. The molecule has 15 nitrogen and oxygen atoms in total. The molecule has 6 atom stereocenters. The highest BCUT2D eigenvalue weighted by Gasteiger charge is 2.44. The molecule has 4 amide bonds. The third kappa shape index (κ3) is 8.00. The van der Waals surface area contributed by atoms with Gasteiger partial charge in [0.2, 0.25) is 11.8 Å². The van der Waals surface area contributed by atoms with Gasteiger partial charge in [0, 0.05) is 43.5 Å². The van der Waals surface area contributed by atoms with E-state index in [1.807, 2.05) is 36.8 Å². The highest BCUT2D eigenvalue weighted by atomic mass is 16.5. The van der Waals surface area contributed by atoms with Gasteiger partial charge in [-0.2, -0.15) is 0 Å². The number of benzene rings is 3. The van der Waals surface area contributed by atoms with Crippen molar-refractivity contribution in [3.63, 3.8) is 0 Å². The van der Waals surface area contributed by atoms with Gasteiger partial charge in [0.05, 0.1) is 43.9 Å². The Morgan fingerprint density at radius 3 is 2.43 bits per heavy atom. The number of carbonyl (C=O) groups is 4. The molecule has 1 unspecified atom stereocenters. The maximum Gasteiger partial charge on any atom is 0.407 e. The van der Waals surface area contributed by atoms with E-state index >= 15 is 0 Å². The maximum absolute atomic E-state index is 14.3. The van der Waals surface area contributed by atoms with Gasteiger partial charge in [-0.05, 0) is 114 Å². The zero-order valence-electron chi connectivity index (χ0n) is 36.9. The summed E-state index contributed by atoms with van der Waals surface area (Å²) in [6.07, 6.45) is 4.99. The van der Waals surface area contributed by atoms with Crippen LogP contribution in [-0.2, 0) is 36.8 Å². The van der Waals surface area contributed by atoms with E-state index in [9.17, 15) is 19.2 Å². The number of ether oxygens (including phenoxy) is 4. The summed E-state index contributed by atoms with van der Waals surface area (Å²) in [7, 11) is 2.62. The van der Waals surface area contributed by atoms with Crippen LogP contribution in [0.5, 0.6) is 5.75 Å². The summed E-state index contributed by atoms with van der Waals surface area (Å²) in [5, 5.41) is 7.77. The van der Waals surface area contributed by atoms with E-state index in [2.05, 4.69) is 65.0 Å². The quantitative estimate of drug-likeness (QED) is 0.157. The van der Waals surface area contributed by atoms with E-state index < -0.39 is 24.3 Å². The van der Waals surface area contributed by atoms with Gasteiger partial charge in [0.1, 0.15) is 30.3 Å². The summed E-state index contributed by atoms with van der Waals surface area (Å²) in [5.74, 6) is 1.41. The molecule has 63 heavy (non-hydrogen) atoms. The zero-order chi connectivity index (χ0) is 44.1. The van der Waals surface area contributed by atoms with Gasteiger partial charge >= 0.3 is 12.2 Å². The molecule has 3 saturated heterocycles. The minimum absolute atomic E-state index is 0.0138. The molecule has 0 aliphatic carbocycles. The Hall–Kier alpha value is -5.96. The maximum atomic E-state index is 14.3. The second-order valence-electron chi connectivity index (χ2n) is 18.2. The van der Waals surface area contributed by atoms with Gasteiger partial charge in [-0.25, -0.2) is 14.6 Å². The molecule has 332 valence electrons. The van der Waals surface area contributed by atoms with Gasteiger partial charge in [0.25, 0.3) is 0 Å². The van der Waals surface area contributed by atoms with Crippen molar-refractivity contribution < 1.29 is 38.1 Å². The molecule has 3 fully saturated rings. The number of amides is 4. The summed E-state index contributed by atoms with van der Waals surface area (Å²) < 4.78 is 21.8. The Kier molecular flexibility index (Phi) is 11.6. The lowest BCUT2D eigenvalue weighted by Crippen LogP contribution is -2.55. The number of nitrogens with one attached hydrogen (secondary N) is 3. The van der Waals surface area contributed by atoms with Crippen LogP contribution in [0.2, 0.25) is 0 Å². The van der Waals surface area contributed by atoms with Crippen LogP contribution in [0.15, 0.2) is 53.7 Å². The summed E-state index contributed by atoms with van der Waals surface area (Å²) in [6, 6.07) is 13.1. The zero-order valence-corrected chi connectivity index (χ0v) is 36.9. The van der Waals surface area contributed by atoms with Crippen LogP contribution in [0.1, 0.15) is 82.8 Å². The van der Waals surface area contributed by atoms with E-state index in [-0.39, 0.29) is 47.7 Å². The lowest BCUT2D eigenvalue weighted by atomic mass is 9.90. The van der Waals surface area contributed by atoms with Crippen molar-refractivity contribution in [2.75, 3.05) is 34.0 Å². The Labute approximate surface area is 367 Å². The molecule has 1 aromatic heterocycles. The molecule has 9 rings (SSSR count). The van der Waals surface area contributed by atoms with Crippen LogP contribution in [0.3, 0.4) is 0 Å². The number of aromatic nitrogens is 2. The van der Waals surface area contributed by atoms with Gasteiger partial charge in [-0.15, -0.1) is 0 Å². The number of carbonyl (C=O) groups excluding carboxylic acids is 4. The summed E-state index contributed by atoms with van der Waals surface area (Å²) >= 11 is 0. The van der Waals surface area contributed by atoms with Gasteiger partial charge < -0.3 is 44.4 Å². The number of aliphatic imine (C=N–C) groups is 1. The van der Waals surface area contributed by atoms with Crippen LogP contribution in [0.4, 0.5) is 15.3 Å². The molecule has 5 aliphatic heterocycles. The largest absolute Gasteiger partial charge is 0.488 e. The minimum Gasteiger partial charge on any atom is -0.488 e. The highest BCUT2D eigenvalue weighted by Crippen LogP contribution is 2.45. The monoisotopic (exact) mass is 859 g/mol. The van der Waals surface area contributed by atoms with Crippen molar-refractivity contribution in [3.8, 4) is 28.1 Å². The Bertz CT molecular complexity index is 2480. The van der Waals surface area contributed by atoms with Crippen LogP contribution < -0.4 is 15.4 Å². The molecule has 0 saturated carbocycles. The number of hydrogen-bond acceptors (Lipinski definition) is 10. The normalized spacial score (nSPS) is 22.7. The highest BCUT2D eigenvalue weighted by molar-refractivity contribution is 6.06. The number of nitrogens with zero attached hydrogens (tertiary/aromatic N) is 4. The summed E-state index contributed by atoms with van der Waals surface area (Å²) in [6.45, 7) is 10.1. The van der Waals surface area contributed by atoms with Crippen molar-refractivity contribution in [2.45, 2.75) is 103 Å². The number of alkyl carbamates (subject to hydrolysis) is 2. The molecule has 0 radical (unpaired) electrons. The molecule has 6 heterocycles. The second kappa shape index (κ2) is 17.3. The topological polar surface area (TPSA) is 177 Å². The predicted octanol–water partition coefficient (Wildman–Crippen LogP) is 7.24. The van der Waals surface area contributed by atoms with Crippen molar-refractivity contribution in [3.05, 3.63) is 65.6 Å². The first-order chi connectivity index (χ1) is 30.4. The van der Waals surface area contributed by atoms with E-state index in [4.69, 9.17) is 28.9 Å². The van der Waals surface area contributed by atoms with Gasteiger partial charge in [-0.3, -0.25) is 14.6 Å². The third-order valence-corrected chi connectivity index (χ3v) is 13.8. The lowest BCUT2D eigenvalue weighted by molar-refractivity contribution is -0.137. The fourth-order valence-corrected chi connectivity index (χ4v) is 10.4. The fraction of sp³-hybridized carbons (Fsp3) is 0.500. The molecule has 0 spiro atoms. The number of likely N-dealkylation sites (tertiary alicyclic amines) is 2. The number of imidazole rings is 1. The van der Waals surface area contributed by atoms with Crippen molar-refractivity contribution in [1.29, 1.82) is 0 Å². The first kappa shape index (κ1) is 42.3. The molecule has 3 aromatic carbocycles. The second-order valence-corrected chi connectivity index (χ2v) is 18.2. The number of hydrogen-bond donors (Lipinski definition) is 3. The van der Waals surface area contributed by atoms with E-state index in [0.717, 1.165) is 80.7 Å². The smallest absolute Gasteiger partial charge is 0.407 e. The Morgan fingerprint density at radius 2 is 1.67 bits per heavy atom. The fourth-order valence-electron chi connectivity index (χ4n) is 10.4. The number of aromatic amines is 1. The SMILES string of the molecule is COC(=O)NC(C(=O)N1C[C@@H](C)C[C@H]1C1=Nc2ccc3cc4c(cc3c2C1)OCc1cc(-c2cnc([C@@H]3CC[C@H](C)N3C(=O)[C@@H](NC(=O)OC)C(C)C)[nH]2)ccc1-4)C1CCOCC1. The lowest BCUT2D eigenvalue weighted by Gasteiger charge is -2.34. The molecule has 3 N–H and O–H groups in total. The number of fused-ring (bicyclic) bond motifs is 6. The van der Waals surface area contributed by atoms with E-state index in [1.165, 1.54) is 14.2 Å². The average molecular weight is 860 g/mol. The van der Waals surface area contributed by atoms with Crippen LogP contribution >= 0.6 is 0 Å². The molecule has 4 aromatic rings. The van der Waals surface area contributed by atoms with Crippen LogP contribution in [-0.4, -0.2) is 108 Å². The molecular weight excluding hydrogens is 803 g/mol. The molecule has 15 heteroatoms. The first-order valence-electron chi connectivity index (χ1n) is 22.3. The van der Waals surface area contributed by atoms with E-state index in [1.54, 1.807) is 0 Å². The van der Waals surface area contributed by atoms with Crippen LogP contribution in [0, 0.1) is 17.8 Å². The average Bonchev–Trinajstić information content (AvgIpc) is 4.12. The number of methoxy groups -OCH3 is 2.